The van der Waals surface area contributed by atoms with Gasteiger partial charge >= 0.3 is 0 Å². The maximum absolute atomic E-state index is 12.8. The van der Waals surface area contributed by atoms with Gasteiger partial charge in [0.2, 0.25) is 10.0 Å². The smallest absolute Gasteiger partial charge is 0.253 e. The topological polar surface area (TPSA) is 75.3 Å². The van der Waals surface area contributed by atoms with E-state index >= 15 is 0 Å². The van der Waals surface area contributed by atoms with Gasteiger partial charge in [-0.05, 0) is 35.9 Å². The highest BCUT2D eigenvalue weighted by Gasteiger charge is 2.12. The zero-order chi connectivity index (χ0) is 17.0. The average molecular weight is 357 g/mol. The molecule has 2 N–H and O–H groups in total. The summed E-state index contributed by atoms with van der Waals surface area (Å²) < 4.78 is 37.4. The van der Waals surface area contributed by atoms with E-state index in [9.17, 15) is 17.6 Å². The molecule has 0 aliphatic heterocycles. The minimum atomic E-state index is -3.42. The van der Waals surface area contributed by atoms with Crippen molar-refractivity contribution in [1.29, 1.82) is 0 Å². The first-order valence-electron chi connectivity index (χ1n) is 6.54. The highest BCUT2D eigenvalue weighted by Crippen LogP contribution is 2.21. The standard InChI is InChI=1S/C15H14ClFN2O3S/c1-23(21,22)19-12-6-7-13(14(16)8-12)15(20)18-9-10-2-4-11(17)5-3-10/h2-8,19H,9H2,1H3,(H,18,20). The number of nitrogens with one attached hydrogen (secondary N) is 2. The average Bonchev–Trinajstić information content (AvgIpc) is 2.45. The molecule has 0 aliphatic rings. The number of sulfonamides is 1. The first-order valence-corrected chi connectivity index (χ1v) is 8.81. The second-order valence-corrected chi connectivity index (χ2v) is 7.03. The van der Waals surface area contributed by atoms with Gasteiger partial charge in [-0.1, -0.05) is 23.7 Å². The van der Waals surface area contributed by atoms with Gasteiger partial charge in [-0.2, -0.15) is 0 Å². The zero-order valence-corrected chi connectivity index (χ0v) is 13.7. The van der Waals surface area contributed by atoms with Crippen molar-refractivity contribution in [3.05, 3.63) is 64.4 Å². The summed E-state index contributed by atoms with van der Waals surface area (Å²) in [4.78, 5) is 12.1. The van der Waals surface area contributed by atoms with Gasteiger partial charge in [0.05, 0.1) is 16.8 Å². The molecule has 8 heteroatoms. The lowest BCUT2D eigenvalue weighted by atomic mass is 10.1. The van der Waals surface area contributed by atoms with Crippen molar-refractivity contribution < 1.29 is 17.6 Å². The molecule has 0 heterocycles. The predicted octanol–water partition coefficient (Wildman–Crippen LogP) is 2.78. The fourth-order valence-corrected chi connectivity index (χ4v) is 2.68. The molecule has 0 radical (unpaired) electrons. The first kappa shape index (κ1) is 17.2. The molecule has 122 valence electrons. The summed E-state index contributed by atoms with van der Waals surface area (Å²) in [5, 5.41) is 2.78. The van der Waals surface area contributed by atoms with Crippen molar-refractivity contribution in [3.63, 3.8) is 0 Å². The van der Waals surface area contributed by atoms with Gasteiger partial charge in [-0.25, -0.2) is 12.8 Å². The van der Waals surface area contributed by atoms with E-state index in [-0.39, 0.29) is 28.6 Å². The molecule has 5 nitrogen and oxygen atoms in total. The van der Waals surface area contributed by atoms with Crippen LogP contribution >= 0.6 is 11.6 Å². The summed E-state index contributed by atoms with van der Waals surface area (Å²) in [5.41, 5.74) is 1.23. The fraction of sp³-hybridized carbons (Fsp3) is 0.133. The van der Waals surface area contributed by atoms with Gasteiger partial charge in [0.25, 0.3) is 5.91 Å². The molecule has 0 unspecified atom stereocenters. The third-order valence-corrected chi connectivity index (χ3v) is 3.80. The number of carbonyl (C=O) groups is 1. The van der Waals surface area contributed by atoms with Crippen LogP contribution in [-0.2, 0) is 16.6 Å². The Labute approximate surface area is 138 Å². The lowest BCUT2D eigenvalue weighted by Gasteiger charge is -2.09. The van der Waals surface area contributed by atoms with E-state index in [2.05, 4.69) is 10.0 Å². The summed E-state index contributed by atoms with van der Waals surface area (Å²) in [6.07, 6.45) is 1.02. The summed E-state index contributed by atoms with van der Waals surface area (Å²) in [7, 11) is -3.42. The minimum Gasteiger partial charge on any atom is -0.348 e. The highest BCUT2D eigenvalue weighted by molar-refractivity contribution is 7.92. The van der Waals surface area contributed by atoms with Crippen LogP contribution in [0.5, 0.6) is 0 Å². The lowest BCUT2D eigenvalue weighted by molar-refractivity contribution is 0.0951. The van der Waals surface area contributed by atoms with Crippen molar-refractivity contribution >= 4 is 33.2 Å². The monoisotopic (exact) mass is 356 g/mol. The number of rotatable bonds is 5. The number of hydrogen-bond donors (Lipinski definition) is 2. The van der Waals surface area contributed by atoms with Crippen LogP contribution in [0.15, 0.2) is 42.5 Å². The van der Waals surface area contributed by atoms with Crippen LogP contribution in [0.2, 0.25) is 5.02 Å². The molecule has 2 aromatic carbocycles. The molecule has 0 saturated heterocycles. The van der Waals surface area contributed by atoms with Crippen molar-refractivity contribution in [1.82, 2.24) is 5.32 Å². The maximum atomic E-state index is 12.8. The summed E-state index contributed by atoms with van der Waals surface area (Å²) in [6, 6.07) is 9.97. The minimum absolute atomic E-state index is 0.121. The normalized spacial score (nSPS) is 11.1. The summed E-state index contributed by atoms with van der Waals surface area (Å²) in [5.74, 6) is -0.762. The van der Waals surface area contributed by atoms with Gasteiger partial charge in [0.15, 0.2) is 0 Å². The zero-order valence-electron chi connectivity index (χ0n) is 12.1. The van der Waals surface area contributed by atoms with E-state index in [1.165, 1.54) is 30.3 Å². The lowest BCUT2D eigenvalue weighted by Crippen LogP contribution is -2.23. The molecular weight excluding hydrogens is 343 g/mol. The Balaban J connectivity index is 2.06. The number of halogens is 2. The van der Waals surface area contributed by atoms with E-state index in [0.717, 1.165) is 11.8 Å². The van der Waals surface area contributed by atoms with Gasteiger partial charge in [-0.15, -0.1) is 0 Å². The number of hydrogen-bond acceptors (Lipinski definition) is 3. The molecule has 1 amide bonds. The second kappa shape index (κ2) is 6.97. The second-order valence-electron chi connectivity index (χ2n) is 4.88. The highest BCUT2D eigenvalue weighted by atomic mass is 35.5. The van der Waals surface area contributed by atoms with Gasteiger partial charge < -0.3 is 5.32 Å². The summed E-state index contributed by atoms with van der Waals surface area (Å²) >= 11 is 6.01. The molecule has 2 rings (SSSR count). The summed E-state index contributed by atoms with van der Waals surface area (Å²) in [6.45, 7) is 0.221. The van der Waals surface area contributed by atoms with Gasteiger partial charge in [0, 0.05) is 12.2 Å². The molecule has 0 spiro atoms. The van der Waals surface area contributed by atoms with Crippen LogP contribution in [0.25, 0.3) is 0 Å². The molecule has 2 aromatic rings. The van der Waals surface area contributed by atoms with E-state index in [0.29, 0.717) is 0 Å². The van der Waals surface area contributed by atoms with Crippen LogP contribution in [0.4, 0.5) is 10.1 Å². The first-order chi connectivity index (χ1) is 10.7. The molecule has 0 saturated carbocycles. The fourth-order valence-electron chi connectivity index (χ4n) is 1.86. The van der Waals surface area contributed by atoms with Crippen LogP contribution in [0.3, 0.4) is 0 Å². The Morgan fingerprint density at radius 2 is 1.83 bits per heavy atom. The molecule has 23 heavy (non-hydrogen) atoms. The Hall–Kier alpha value is -2.12. The SMILES string of the molecule is CS(=O)(=O)Nc1ccc(C(=O)NCc2ccc(F)cc2)c(Cl)c1. The molecule has 0 aliphatic carbocycles. The Morgan fingerprint density at radius 3 is 2.39 bits per heavy atom. The molecule has 0 atom stereocenters. The van der Waals surface area contributed by atoms with Crippen LogP contribution < -0.4 is 10.0 Å². The maximum Gasteiger partial charge on any atom is 0.253 e. The van der Waals surface area contributed by atoms with Crippen molar-refractivity contribution in [3.8, 4) is 0 Å². The van der Waals surface area contributed by atoms with Gasteiger partial charge in [0.1, 0.15) is 5.82 Å². The Bertz CT molecular complexity index is 823. The Morgan fingerprint density at radius 1 is 1.17 bits per heavy atom. The van der Waals surface area contributed by atoms with Crippen LogP contribution in [0, 0.1) is 5.82 Å². The van der Waals surface area contributed by atoms with E-state index in [1.807, 2.05) is 0 Å². The van der Waals surface area contributed by atoms with Crippen LogP contribution in [0.1, 0.15) is 15.9 Å². The molecule has 0 fully saturated rings. The quantitative estimate of drug-likeness (QED) is 0.865. The number of anilines is 1. The van der Waals surface area contributed by atoms with Crippen molar-refractivity contribution in [2.45, 2.75) is 6.54 Å². The van der Waals surface area contributed by atoms with E-state index in [1.54, 1.807) is 12.1 Å². The third-order valence-electron chi connectivity index (χ3n) is 2.88. The molecular formula is C15H14ClFN2O3S. The van der Waals surface area contributed by atoms with E-state index in [4.69, 9.17) is 11.6 Å². The molecule has 0 bridgehead atoms. The number of carbonyl (C=O) groups excluding carboxylic acids is 1. The van der Waals surface area contributed by atoms with E-state index < -0.39 is 15.9 Å². The largest absolute Gasteiger partial charge is 0.348 e. The number of benzene rings is 2. The van der Waals surface area contributed by atoms with Crippen molar-refractivity contribution in [2.75, 3.05) is 11.0 Å². The van der Waals surface area contributed by atoms with Crippen molar-refractivity contribution in [2.24, 2.45) is 0 Å². The predicted molar refractivity (Wildman–Crippen MR) is 87.5 cm³/mol. The Kier molecular flexibility index (Phi) is 5.23. The van der Waals surface area contributed by atoms with Crippen LogP contribution in [-0.4, -0.2) is 20.6 Å². The van der Waals surface area contributed by atoms with Gasteiger partial charge in [-0.3, -0.25) is 9.52 Å². The molecule has 0 aromatic heterocycles. The number of amides is 1. The third kappa shape index (κ3) is 5.22.